The first kappa shape index (κ1) is 26.2. The lowest BCUT2D eigenvalue weighted by molar-refractivity contribution is -0.888. The van der Waals surface area contributed by atoms with Gasteiger partial charge in [0, 0.05) is 0 Å². The fourth-order valence-electron chi connectivity index (χ4n) is 3.07. The van der Waals surface area contributed by atoms with E-state index in [2.05, 4.69) is 21.0 Å². The average Bonchev–Trinajstić information content (AvgIpc) is 2.47. The summed E-state index contributed by atoms with van der Waals surface area (Å²) in [6.07, 6.45) is 20.1. The highest BCUT2D eigenvalue weighted by atomic mass is 127. The molecule has 1 nitrogen and oxygen atoms in total. The van der Waals surface area contributed by atoms with Crippen molar-refractivity contribution >= 4 is 11.6 Å². The van der Waals surface area contributed by atoms with Crippen molar-refractivity contribution in [3.05, 3.63) is 0 Å². The molecule has 0 aromatic heterocycles. The van der Waals surface area contributed by atoms with Crippen LogP contribution in [0.3, 0.4) is 0 Å². The zero-order chi connectivity index (χ0) is 16.5. The number of nitrogens with zero attached hydrogens (tertiary/aromatic N) is 1. The van der Waals surface area contributed by atoms with Gasteiger partial charge in [-0.25, -0.2) is 0 Å². The van der Waals surface area contributed by atoms with Crippen molar-refractivity contribution in [1.82, 2.24) is 0 Å². The Labute approximate surface area is 169 Å². The summed E-state index contributed by atoms with van der Waals surface area (Å²) in [5.74, 6) is 0.783. The van der Waals surface area contributed by atoms with Gasteiger partial charge < -0.3 is 28.5 Å². The van der Waals surface area contributed by atoms with E-state index in [1.54, 1.807) is 0 Å². The highest BCUT2D eigenvalue weighted by molar-refractivity contribution is 6.17. The summed E-state index contributed by atoms with van der Waals surface area (Å²) in [5.41, 5.74) is 0. The fourth-order valence-corrected chi connectivity index (χ4v) is 3.53. The van der Waals surface area contributed by atoms with Crippen LogP contribution in [0.25, 0.3) is 0 Å². The molecule has 0 fully saturated rings. The van der Waals surface area contributed by atoms with Crippen molar-refractivity contribution in [3.8, 4) is 0 Å². The minimum absolute atomic E-state index is 0. The molecular weight excluding hydrogens is 417 g/mol. The molecule has 0 aliphatic carbocycles. The van der Waals surface area contributed by atoms with E-state index in [9.17, 15) is 0 Å². The Morgan fingerprint density at radius 1 is 0.565 bits per heavy atom. The minimum Gasteiger partial charge on any atom is -1.00 e. The summed E-state index contributed by atoms with van der Waals surface area (Å²) >= 11 is 5.84. The molecule has 0 aliphatic rings. The molecule has 0 aliphatic heterocycles. The van der Waals surface area contributed by atoms with Gasteiger partial charge in [0.15, 0.2) is 0 Å². The number of quaternary nitrogens is 1. The van der Waals surface area contributed by atoms with Gasteiger partial charge in [-0.05, 0) is 12.8 Å². The van der Waals surface area contributed by atoms with Gasteiger partial charge in [-0.2, -0.15) is 0 Å². The van der Waals surface area contributed by atoms with Crippen LogP contribution < -0.4 is 24.0 Å². The molecule has 0 saturated heterocycles. The first-order valence-corrected chi connectivity index (χ1v) is 10.5. The summed E-state index contributed by atoms with van der Waals surface area (Å²) in [4.78, 5) is 0. The summed E-state index contributed by atoms with van der Waals surface area (Å²) < 4.78 is 1.09. The largest absolute Gasteiger partial charge is 1.00 e. The van der Waals surface area contributed by atoms with Crippen molar-refractivity contribution in [1.29, 1.82) is 0 Å². The molecule has 3 heteroatoms. The van der Waals surface area contributed by atoms with Gasteiger partial charge in [0.05, 0.1) is 33.1 Å². The molecule has 0 radical (unpaired) electrons. The standard InChI is InChI=1S/C20H43ClN.HI/c1-4-5-6-7-8-9-10-11-12-13-14-15-16-17-19-22(2,3)20-18-21;/h4-20H2,1-3H3;1H/q+1;/p-1. The van der Waals surface area contributed by atoms with E-state index in [0.717, 1.165) is 16.9 Å². The van der Waals surface area contributed by atoms with E-state index < -0.39 is 0 Å². The predicted molar refractivity (Wildman–Crippen MR) is 103 cm³/mol. The molecule has 0 saturated carbocycles. The van der Waals surface area contributed by atoms with Crippen molar-refractivity contribution in [3.63, 3.8) is 0 Å². The molecule has 0 amide bonds. The molecule has 0 heterocycles. The van der Waals surface area contributed by atoms with Crippen LogP contribution in [-0.2, 0) is 0 Å². The van der Waals surface area contributed by atoms with Crippen LogP contribution in [0.4, 0.5) is 0 Å². The Balaban J connectivity index is 0. The lowest BCUT2D eigenvalue weighted by Crippen LogP contribution is -3.00. The summed E-state index contributed by atoms with van der Waals surface area (Å²) in [6.45, 7) is 4.67. The smallest absolute Gasteiger partial charge is 0.0920 e. The molecule has 0 aromatic carbocycles. The molecule has 0 bridgehead atoms. The fraction of sp³-hybridized carbons (Fsp3) is 1.00. The minimum atomic E-state index is 0. The van der Waals surface area contributed by atoms with Gasteiger partial charge in [0.25, 0.3) is 0 Å². The van der Waals surface area contributed by atoms with Gasteiger partial charge in [-0.3, -0.25) is 0 Å². The molecule has 23 heavy (non-hydrogen) atoms. The Morgan fingerprint density at radius 3 is 1.26 bits per heavy atom. The summed E-state index contributed by atoms with van der Waals surface area (Å²) in [6, 6.07) is 0. The second-order valence-electron chi connectivity index (χ2n) is 7.67. The summed E-state index contributed by atoms with van der Waals surface area (Å²) in [5, 5.41) is 0. The molecular formula is C20H43ClIN. The monoisotopic (exact) mass is 459 g/mol. The third-order valence-electron chi connectivity index (χ3n) is 4.81. The number of halogens is 2. The van der Waals surface area contributed by atoms with Crippen LogP contribution in [0.5, 0.6) is 0 Å². The highest BCUT2D eigenvalue weighted by Gasteiger charge is 2.12. The van der Waals surface area contributed by atoms with Gasteiger partial charge in [-0.1, -0.05) is 84.0 Å². The lowest BCUT2D eigenvalue weighted by Gasteiger charge is -2.28. The molecule has 0 N–H and O–H groups in total. The molecule has 0 atom stereocenters. The van der Waals surface area contributed by atoms with E-state index in [1.165, 1.54) is 96.4 Å². The molecule has 0 unspecified atom stereocenters. The maximum atomic E-state index is 5.84. The van der Waals surface area contributed by atoms with Crippen molar-refractivity contribution < 1.29 is 28.5 Å². The van der Waals surface area contributed by atoms with E-state index in [0.29, 0.717) is 0 Å². The van der Waals surface area contributed by atoms with Crippen molar-refractivity contribution in [2.24, 2.45) is 0 Å². The number of unbranched alkanes of at least 4 members (excludes halogenated alkanes) is 13. The van der Waals surface area contributed by atoms with Gasteiger partial charge in [0.2, 0.25) is 0 Å². The van der Waals surface area contributed by atoms with Crippen LogP contribution in [0, 0.1) is 0 Å². The van der Waals surface area contributed by atoms with E-state index in [-0.39, 0.29) is 24.0 Å². The molecule has 0 spiro atoms. The van der Waals surface area contributed by atoms with Crippen LogP contribution in [-0.4, -0.2) is 37.5 Å². The second kappa shape index (κ2) is 19.3. The number of alkyl halides is 1. The maximum Gasteiger partial charge on any atom is 0.0920 e. The number of rotatable bonds is 17. The number of hydrogen-bond acceptors (Lipinski definition) is 0. The normalized spacial score (nSPS) is 11.5. The zero-order valence-electron chi connectivity index (χ0n) is 16.2. The third-order valence-corrected chi connectivity index (χ3v) is 4.98. The van der Waals surface area contributed by atoms with Crippen molar-refractivity contribution in [2.45, 2.75) is 96.8 Å². The topological polar surface area (TPSA) is 0 Å². The Hall–Kier alpha value is 0.980. The summed E-state index contributed by atoms with van der Waals surface area (Å²) in [7, 11) is 4.59. The molecule has 0 aromatic rings. The average molecular weight is 460 g/mol. The first-order chi connectivity index (χ1) is 10.6. The van der Waals surface area contributed by atoms with E-state index in [4.69, 9.17) is 11.6 Å². The zero-order valence-corrected chi connectivity index (χ0v) is 19.1. The van der Waals surface area contributed by atoms with Crippen LogP contribution in [0.15, 0.2) is 0 Å². The van der Waals surface area contributed by atoms with E-state index >= 15 is 0 Å². The van der Waals surface area contributed by atoms with Gasteiger partial charge >= 0.3 is 0 Å². The van der Waals surface area contributed by atoms with Gasteiger partial charge in [0.1, 0.15) is 0 Å². The Kier molecular flexibility index (Phi) is 22.0. The van der Waals surface area contributed by atoms with Crippen LogP contribution in [0.2, 0.25) is 0 Å². The first-order valence-electron chi connectivity index (χ1n) is 10.0. The lowest BCUT2D eigenvalue weighted by atomic mass is 10.0. The highest BCUT2D eigenvalue weighted by Crippen LogP contribution is 2.13. The number of hydrogen-bond donors (Lipinski definition) is 0. The third kappa shape index (κ3) is 20.9. The van der Waals surface area contributed by atoms with E-state index in [1.807, 2.05) is 0 Å². The van der Waals surface area contributed by atoms with Crippen LogP contribution >= 0.6 is 11.6 Å². The maximum absolute atomic E-state index is 5.84. The quantitative estimate of drug-likeness (QED) is 0.134. The van der Waals surface area contributed by atoms with Crippen LogP contribution in [0.1, 0.15) is 96.8 Å². The SMILES string of the molecule is CCCCCCCCCCCCCCCC[N+](C)(C)CCCl.[I-]. The molecule has 0 rings (SSSR count). The van der Waals surface area contributed by atoms with Crippen molar-refractivity contribution in [2.75, 3.05) is 33.1 Å². The Bertz CT molecular complexity index is 222. The van der Waals surface area contributed by atoms with Gasteiger partial charge in [-0.15, -0.1) is 11.6 Å². The Morgan fingerprint density at radius 2 is 0.913 bits per heavy atom. The molecule has 142 valence electrons. The second-order valence-corrected chi connectivity index (χ2v) is 8.05. The predicted octanol–water partition coefficient (Wildman–Crippen LogP) is 3.79.